The maximum atomic E-state index is 12.7. The van der Waals surface area contributed by atoms with Gasteiger partial charge in [0.05, 0.1) is 0 Å². The predicted molar refractivity (Wildman–Crippen MR) is 103 cm³/mol. The summed E-state index contributed by atoms with van der Waals surface area (Å²) < 4.78 is 1.20. The van der Waals surface area contributed by atoms with Crippen LogP contribution in [-0.2, 0) is 0 Å². The Morgan fingerprint density at radius 2 is 1.39 bits per heavy atom. The Morgan fingerprint density at radius 1 is 0.957 bits per heavy atom. The number of carbonyl (C=O) groups excluding carboxylic acids is 2. The molecule has 2 saturated heterocycles. The lowest BCUT2D eigenvalue weighted by Gasteiger charge is -2.20. The van der Waals surface area contributed by atoms with Gasteiger partial charge in [0.1, 0.15) is 8.64 Å². The van der Waals surface area contributed by atoms with Crippen LogP contribution in [0.2, 0.25) is 0 Å². The van der Waals surface area contributed by atoms with Crippen molar-refractivity contribution in [1.82, 2.24) is 9.80 Å². The number of nitrogens with zero attached hydrogens (tertiary/aromatic N) is 2. The van der Waals surface area contributed by atoms with E-state index in [9.17, 15) is 9.59 Å². The van der Waals surface area contributed by atoms with E-state index in [0.717, 1.165) is 11.5 Å². The topological polar surface area (TPSA) is 40.6 Å². The first-order chi connectivity index (χ1) is 11.0. The summed E-state index contributed by atoms with van der Waals surface area (Å²) in [7, 11) is 0. The normalized spacial score (nSPS) is 18.0. The molecule has 2 aliphatic rings. The predicted octanol–water partition coefficient (Wildman–Crippen LogP) is 2.94. The van der Waals surface area contributed by atoms with Crippen molar-refractivity contribution in [3.8, 4) is 0 Å². The molecule has 0 aromatic heterocycles. The summed E-state index contributed by atoms with van der Waals surface area (Å²) in [5, 5.41) is 0. The Balaban J connectivity index is 1.92. The number of carbonyl (C=O) groups is 2. The van der Waals surface area contributed by atoms with Gasteiger partial charge >= 0.3 is 0 Å². The zero-order valence-corrected chi connectivity index (χ0v) is 15.7. The Hall–Kier alpha value is -0.960. The molecule has 1 aromatic rings. The van der Waals surface area contributed by atoms with Crippen LogP contribution in [0.15, 0.2) is 18.2 Å². The van der Waals surface area contributed by atoms with Crippen molar-refractivity contribution in [1.29, 1.82) is 0 Å². The number of rotatable bonds is 2. The molecule has 8 heteroatoms. The van der Waals surface area contributed by atoms with E-state index in [2.05, 4.69) is 0 Å². The highest BCUT2D eigenvalue weighted by Gasteiger charge is 2.30. The molecular formula is C15H14N2O2S4. The van der Waals surface area contributed by atoms with E-state index >= 15 is 0 Å². The molecule has 0 saturated carbocycles. The Morgan fingerprint density at radius 3 is 1.74 bits per heavy atom. The van der Waals surface area contributed by atoms with Crippen molar-refractivity contribution in [3.63, 3.8) is 0 Å². The van der Waals surface area contributed by atoms with Crippen LogP contribution in [0.5, 0.6) is 0 Å². The third kappa shape index (κ3) is 3.17. The minimum absolute atomic E-state index is 0.134. The van der Waals surface area contributed by atoms with Gasteiger partial charge in [-0.2, -0.15) is 0 Å². The van der Waals surface area contributed by atoms with Crippen LogP contribution in [0.4, 0.5) is 0 Å². The minimum Gasteiger partial charge on any atom is -0.293 e. The van der Waals surface area contributed by atoms with E-state index in [1.807, 2.05) is 0 Å². The van der Waals surface area contributed by atoms with Crippen molar-refractivity contribution >= 4 is 68.4 Å². The van der Waals surface area contributed by atoms with Gasteiger partial charge in [-0.3, -0.25) is 19.4 Å². The summed E-state index contributed by atoms with van der Waals surface area (Å²) in [6, 6.07) is 5.24. The van der Waals surface area contributed by atoms with E-state index in [1.54, 1.807) is 34.9 Å². The van der Waals surface area contributed by atoms with Gasteiger partial charge in [0.15, 0.2) is 0 Å². The molecule has 0 unspecified atom stereocenters. The van der Waals surface area contributed by atoms with Gasteiger partial charge < -0.3 is 0 Å². The van der Waals surface area contributed by atoms with E-state index < -0.39 is 0 Å². The molecule has 2 aliphatic heterocycles. The zero-order chi connectivity index (χ0) is 16.6. The maximum Gasteiger partial charge on any atom is 0.259 e. The molecule has 0 atom stereocenters. The van der Waals surface area contributed by atoms with Gasteiger partial charge in [0.2, 0.25) is 0 Å². The Kier molecular flexibility index (Phi) is 5.05. The molecule has 23 heavy (non-hydrogen) atoms. The van der Waals surface area contributed by atoms with E-state index in [-0.39, 0.29) is 11.8 Å². The smallest absolute Gasteiger partial charge is 0.259 e. The maximum absolute atomic E-state index is 12.7. The summed E-state index contributed by atoms with van der Waals surface area (Å²) in [4.78, 5) is 28.6. The summed E-state index contributed by atoms with van der Waals surface area (Å²) >= 11 is 13.5. The van der Waals surface area contributed by atoms with Gasteiger partial charge in [-0.25, -0.2) is 0 Å². The molecule has 2 heterocycles. The van der Waals surface area contributed by atoms with E-state index in [4.69, 9.17) is 24.4 Å². The lowest BCUT2D eigenvalue weighted by Crippen LogP contribution is -2.33. The van der Waals surface area contributed by atoms with Gasteiger partial charge in [0.25, 0.3) is 11.8 Å². The molecule has 0 bridgehead atoms. The van der Waals surface area contributed by atoms with Crippen LogP contribution >= 0.6 is 48.0 Å². The van der Waals surface area contributed by atoms with Crippen molar-refractivity contribution < 1.29 is 9.59 Å². The number of thioether (sulfide) groups is 2. The van der Waals surface area contributed by atoms with Crippen LogP contribution in [0.1, 0.15) is 26.3 Å². The standard InChI is InChI=1S/C15H14N2O2S4/c1-9-10(12(18)16-5-7-22-14(16)20)3-2-4-11(9)13(19)17-6-8-23-15(17)21/h2-4H,5-8H2,1H3. The monoisotopic (exact) mass is 382 g/mol. The van der Waals surface area contributed by atoms with Gasteiger partial charge in [0, 0.05) is 35.7 Å². The van der Waals surface area contributed by atoms with Crippen LogP contribution in [0.3, 0.4) is 0 Å². The number of hydrogen-bond donors (Lipinski definition) is 0. The summed E-state index contributed by atoms with van der Waals surface area (Å²) in [5.74, 6) is 1.37. The molecule has 1 aromatic carbocycles. The number of hydrogen-bond acceptors (Lipinski definition) is 6. The molecule has 2 fully saturated rings. The highest BCUT2D eigenvalue weighted by Crippen LogP contribution is 2.25. The second-order valence-corrected chi connectivity index (χ2v) is 8.58. The SMILES string of the molecule is Cc1c(C(=O)N2CCSC2=S)cccc1C(=O)N1CCSC1=S. The van der Waals surface area contributed by atoms with Crippen molar-refractivity contribution in [2.75, 3.05) is 24.6 Å². The summed E-state index contributed by atoms with van der Waals surface area (Å²) in [6.07, 6.45) is 0. The van der Waals surface area contributed by atoms with E-state index in [0.29, 0.717) is 38.4 Å². The molecule has 0 N–H and O–H groups in total. The molecular weight excluding hydrogens is 368 g/mol. The van der Waals surface area contributed by atoms with Gasteiger partial charge in [-0.1, -0.05) is 54.0 Å². The first-order valence-corrected chi connectivity index (χ1v) is 9.86. The van der Waals surface area contributed by atoms with Crippen molar-refractivity contribution in [3.05, 3.63) is 34.9 Å². The molecule has 3 rings (SSSR count). The zero-order valence-electron chi connectivity index (χ0n) is 12.4. The number of amides is 2. The van der Waals surface area contributed by atoms with Gasteiger partial charge in [-0.05, 0) is 24.6 Å². The fourth-order valence-electron chi connectivity index (χ4n) is 2.55. The highest BCUT2D eigenvalue weighted by atomic mass is 32.2. The van der Waals surface area contributed by atoms with Crippen LogP contribution in [-0.4, -0.2) is 54.9 Å². The lowest BCUT2D eigenvalue weighted by atomic mass is 10.0. The van der Waals surface area contributed by atoms with Crippen molar-refractivity contribution in [2.24, 2.45) is 0 Å². The minimum atomic E-state index is -0.134. The lowest BCUT2D eigenvalue weighted by molar-refractivity contribution is 0.0860. The number of benzene rings is 1. The average molecular weight is 383 g/mol. The fourth-order valence-corrected chi connectivity index (χ4v) is 4.95. The molecule has 120 valence electrons. The van der Waals surface area contributed by atoms with Crippen LogP contribution < -0.4 is 0 Å². The fraction of sp³-hybridized carbons (Fsp3) is 0.333. The second-order valence-electron chi connectivity index (χ2n) is 5.12. The number of thiocarbonyl (C=S) groups is 2. The highest BCUT2D eigenvalue weighted by molar-refractivity contribution is 8.23. The molecule has 0 spiro atoms. The van der Waals surface area contributed by atoms with Crippen LogP contribution in [0, 0.1) is 6.92 Å². The Labute approximate surface area is 154 Å². The molecule has 0 aliphatic carbocycles. The first kappa shape index (κ1) is 16.9. The van der Waals surface area contributed by atoms with Crippen molar-refractivity contribution in [2.45, 2.75) is 6.92 Å². The molecule has 2 amide bonds. The van der Waals surface area contributed by atoms with E-state index in [1.165, 1.54) is 23.5 Å². The Bertz CT molecular complexity index is 663. The summed E-state index contributed by atoms with van der Waals surface area (Å²) in [6.45, 7) is 3.04. The molecule has 0 radical (unpaired) electrons. The average Bonchev–Trinajstić information content (AvgIpc) is 3.14. The first-order valence-electron chi connectivity index (χ1n) is 7.07. The van der Waals surface area contributed by atoms with Gasteiger partial charge in [-0.15, -0.1) is 0 Å². The van der Waals surface area contributed by atoms with Crippen LogP contribution in [0.25, 0.3) is 0 Å². The third-order valence-corrected chi connectivity index (χ3v) is 6.66. The largest absolute Gasteiger partial charge is 0.293 e. The summed E-state index contributed by atoms with van der Waals surface area (Å²) in [5.41, 5.74) is 1.74. The molecule has 4 nitrogen and oxygen atoms in total. The second kappa shape index (κ2) is 6.88. The third-order valence-electron chi connectivity index (χ3n) is 3.81. The quantitative estimate of drug-likeness (QED) is 0.733.